The Hall–Kier alpha value is -1.22. The van der Waals surface area contributed by atoms with Gasteiger partial charge in [0.25, 0.3) is 0 Å². The fraction of sp³-hybridized carbons (Fsp3) is 0.647. The van der Waals surface area contributed by atoms with E-state index in [9.17, 15) is 0 Å². The normalized spacial score (nSPS) is 22.1. The van der Waals surface area contributed by atoms with Crippen LogP contribution < -0.4 is 9.47 Å². The summed E-state index contributed by atoms with van der Waals surface area (Å²) >= 11 is 0. The molecular weight excluding hydrogens is 250 g/mol. The third-order valence-electron chi connectivity index (χ3n) is 4.36. The summed E-state index contributed by atoms with van der Waals surface area (Å²) in [4.78, 5) is 2.64. The predicted molar refractivity (Wildman–Crippen MR) is 80.5 cm³/mol. The minimum Gasteiger partial charge on any atom is -0.486 e. The molecule has 2 heterocycles. The first kappa shape index (κ1) is 13.7. The molecular formula is C17H25NO2. The molecule has 1 atom stereocenters. The molecule has 2 aliphatic rings. The van der Waals surface area contributed by atoms with Crippen LogP contribution in [0.1, 0.15) is 50.6 Å². The standard InChI is InChI=1S/C17H25NO2/c1-2-3-4-9-18-10-5-6-15(18)14-7-8-16-17(13-14)20-12-11-19-16/h7-8,13,15H,2-6,9-12H2,1H3. The van der Waals surface area contributed by atoms with Crippen LogP contribution in [0.25, 0.3) is 0 Å². The molecule has 0 N–H and O–H groups in total. The van der Waals surface area contributed by atoms with E-state index in [4.69, 9.17) is 9.47 Å². The van der Waals surface area contributed by atoms with Crippen LogP contribution in [0, 0.1) is 0 Å². The largest absolute Gasteiger partial charge is 0.486 e. The molecule has 0 amide bonds. The topological polar surface area (TPSA) is 21.7 Å². The Bertz CT molecular complexity index is 447. The van der Waals surface area contributed by atoms with Gasteiger partial charge in [-0.2, -0.15) is 0 Å². The lowest BCUT2D eigenvalue weighted by atomic mass is 10.0. The van der Waals surface area contributed by atoms with Crippen molar-refractivity contribution in [2.24, 2.45) is 0 Å². The molecule has 1 aromatic carbocycles. The fourth-order valence-corrected chi connectivity index (χ4v) is 3.30. The van der Waals surface area contributed by atoms with Crippen LogP contribution in [-0.4, -0.2) is 31.2 Å². The monoisotopic (exact) mass is 275 g/mol. The second kappa shape index (κ2) is 6.49. The van der Waals surface area contributed by atoms with E-state index in [1.807, 2.05) is 0 Å². The molecule has 3 nitrogen and oxygen atoms in total. The summed E-state index contributed by atoms with van der Waals surface area (Å²) in [5.74, 6) is 1.82. The zero-order valence-electron chi connectivity index (χ0n) is 12.4. The van der Waals surface area contributed by atoms with Crippen molar-refractivity contribution < 1.29 is 9.47 Å². The highest BCUT2D eigenvalue weighted by atomic mass is 16.6. The molecule has 3 rings (SSSR count). The molecule has 0 aliphatic carbocycles. The molecule has 3 heteroatoms. The zero-order valence-corrected chi connectivity index (χ0v) is 12.4. The SMILES string of the molecule is CCCCCN1CCCC1c1ccc2c(c1)OCCO2. The van der Waals surface area contributed by atoms with Crippen molar-refractivity contribution in [1.29, 1.82) is 0 Å². The van der Waals surface area contributed by atoms with Crippen LogP contribution in [-0.2, 0) is 0 Å². The number of ether oxygens (including phenoxy) is 2. The summed E-state index contributed by atoms with van der Waals surface area (Å²) in [6.45, 7) is 6.07. The molecule has 1 saturated heterocycles. The maximum atomic E-state index is 5.71. The third kappa shape index (κ3) is 2.93. The van der Waals surface area contributed by atoms with E-state index < -0.39 is 0 Å². The average Bonchev–Trinajstić information content (AvgIpc) is 2.95. The summed E-state index contributed by atoms with van der Waals surface area (Å²) in [6.07, 6.45) is 6.53. The van der Waals surface area contributed by atoms with Crippen molar-refractivity contribution in [3.05, 3.63) is 23.8 Å². The Morgan fingerprint density at radius 2 is 2.00 bits per heavy atom. The smallest absolute Gasteiger partial charge is 0.161 e. The minimum absolute atomic E-state index is 0.572. The number of benzene rings is 1. The summed E-state index contributed by atoms with van der Waals surface area (Å²) in [5, 5.41) is 0. The molecule has 0 aromatic heterocycles. The van der Waals surface area contributed by atoms with Crippen molar-refractivity contribution in [3.63, 3.8) is 0 Å². The second-order valence-corrected chi connectivity index (χ2v) is 5.80. The highest BCUT2D eigenvalue weighted by Gasteiger charge is 2.26. The Morgan fingerprint density at radius 3 is 2.85 bits per heavy atom. The van der Waals surface area contributed by atoms with Gasteiger partial charge < -0.3 is 9.47 Å². The average molecular weight is 275 g/mol. The Morgan fingerprint density at radius 1 is 1.15 bits per heavy atom. The second-order valence-electron chi connectivity index (χ2n) is 5.80. The lowest BCUT2D eigenvalue weighted by molar-refractivity contribution is 0.170. The number of likely N-dealkylation sites (tertiary alicyclic amines) is 1. The van der Waals surface area contributed by atoms with Crippen molar-refractivity contribution in [3.8, 4) is 11.5 Å². The Balaban J connectivity index is 1.70. The van der Waals surface area contributed by atoms with E-state index >= 15 is 0 Å². The molecule has 0 saturated carbocycles. The Labute approximate surface area is 121 Å². The van der Waals surface area contributed by atoms with E-state index in [2.05, 4.69) is 30.0 Å². The van der Waals surface area contributed by atoms with Gasteiger partial charge in [0.2, 0.25) is 0 Å². The predicted octanol–water partition coefficient (Wildman–Crippen LogP) is 3.78. The molecule has 20 heavy (non-hydrogen) atoms. The molecule has 0 radical (unpaired) electrons. The number of rotatable bonds is 5. The lowest BCUT2D eigenvalue weighted by Crippen LogP contribution is -2.24. The van der Waals surface area contributed by atoms with Crippen LogP contribution in [0.5, 0.6) is 11.5 Å². The number of fused-ring (bicyclic) bond motifs is 1. The molecule has 1 fully saturated rings. The summed E-state index contributed by atoms with van der Waals surface area (Å²) in [6, 6.07) is 7.06. The number of nitrogens with zero attached hydrogens (tertiary/aromatic N) is 1. The van der Waals surface area contributed by atoms with Gasteiger partial charge in [0.1, 0.15) is 13.2 Å². The summed E-state index contributed by atoms with van der Waals surface area (Å²) in [5.41, 5.74) is 1.39. The van der Waals surface area contributed by atoms with Gasteiger partial charge in [-0.25, -0.2) is 0 Å². The van der Waals surface area contributed by atoms with Crippen molar-refractivity contribution in [2.75, 3.05) is 26.3 Å². The quantitative estimate of drug-likeness (QED) is 0.763. The van der Waals surface area contributed by atoms with Crippen molar-refractivity contribution in [1.82, 2.24) is 4.90 Å². The zero-order chi connectivity index (χ0) is 13.8. The maximum Gasteiger partial charge on any atom is 0.161 e. The van der Waals surface area contributed by atoms with Crippen LogP contribution in [0.3, 0.4) is 0 Å². The molecule has 110 valence electrons. The van der Waals surface area contributed by atoms with Crippen molar-refractivity contribution >= 4 is 0 Å². The van der Waals surface area contributed by atoms with Gasteiger partial charge in [0, 0.05) is 6.04 Å². The highest BCUT2D eigenvalue weighted by molar-refractivity contribution is 5.44. The molecule has 2 aliphatic heterocycles. The summed E-state index contributed by atoms with van der Waals surface area (Å²) in [7, 11) is 0. The van der Waals surface area contributed by atoms with Gasteiger partial charge in [-0.05, 0) is 50.0 Å². The molecule has 1 aromatic rings. The Kier molecular flexibility index (Phi) is 4.46. The number of hydrogen-bond acceptors (Lipinski definition) is 3. The van der Waals surface area contributed by atoms with E-state index in [1.165, 1.54) is 50.8 Å². The fourth-order valence-electron chi connectivity index (χ4n) is 3.30. The van der Waals surface area contributed by atoms with E-state index in [0.29, 0.717) is 19.3 Å². The van der Waals surface area contributed by atoms with Gasteiger partial charge in [-0.3, -0.25) is 4.90 Å². The molecule has 0 bridgehead atoms. The first-order chi connectivity index (χ1) is 9.88. The van der Waals surface area contributed by atoms with Crippen LogP contribution in [0.15, 0.2) is 18.2 Å². The first-order valence-electron chi connectivity index (χ1n) is 8.02. The van der Waals surface area contributed by atoms with Gasteiger partial charge in [0.05, 0.1) is 0 Å². The van der Waals surface area contributed by atoms with E-state index in [-0.39, 0.29) is 0 Å². The summed E-state index contributed by atoms with van der Waals surface area (Å²) < 4.78 is 11.3. The lowest BCUT2D eigenvalue weighted by Gasteiger charge is -2.26. The van der Waals surface area contributed by atoms with Gasteiger partial charge in [0.15, 0.2) is 11.5 Å². The number of unbranched alkanes of at least 4 members (excludes halogenated alkanes) is 2. The third-order valence-corrected chi connectivity index (χ3v) is 4.36. The van der Waals surface area contributed by atoms with Crippen LogP contribution >= 0.6 is 0 Å². The van der Waals surface area contributed by atoms with Gasteiger partial charge in [-0.1, -0.05) is 25.8 Å². The minimum atomic E-state index is 0.572. The van der Waals surface area contributed by atoms with E-state index in [0.717, 1.165) is 11.5 Å². The molecule has 1 unspecified atom stereocenters. The van der Waals surface area contributed by atoms with Crippen LogP contribution in [0.2, 0.25) is 0 Å². The van der Waals surface area contributed by atoms with Gasteiger partial charge >= 0.3 is 0 Å². The van der Waals surface area contributed by atoms with E-state index in [1.54, 1.807) is 0 Å². The van der Waals surface area contributed by atoms with Crippen molar-refractivity contribution in [2.45, 2.75) is 45.1 Å². The maximum absolute atomic E-state index is 5.71. The van der Waals surface area contributed by atoms with Crippen LogP contribution in [0.4, 0.5) is 0 Å². The van der Waals surface area contributed by atoms with Gasteiger partial charge in [-0.15, -0.1) is 0 Å². The highest BCUT2D eigenvalue weighted by Crippen LogP contribution is 2.38. The molecule has 0 spiro atoms. The first-order valence-corrected chi connectivity index (χ1v) is 8.02. The number of hydrogen-bond donors (Lipinski definition) is 0.